The van der Waals surface area contributed by atoms with Crippen molar-refractivity contribution >= 4 is 46.9 Å². The number of benzene rings is 1. The molecule has 1 aromatic heterocycles. The van der Waals surface area contributed by atoms with Gasteiger partial charge in [-0.2, -0.15) is 0 Å². The zero-order valence-electron chi connectivity index (χ0n) is 9.11. The maximum Gasteiger partial charge on any atom is 0.323 e. The second-order valence-corrected chi connectivity index (χ2v) is 4.76. The molecule has 1 amide bonds. The van der Waals surface area contributed by atoms with E-state index in [9.17, 15) is 4.79 Å². The van der Waals surface area contributed by atoms with Crippen LogP contribution in [-0.2, 0) is 0 Å². The van der Waals surface area contributed by atoms with Crippen molar-refractivity contribution in [3.8, 4) is 0 Å². The first-order chi connectivity index (χ1) is 8.60. The lowest BCUT2D eigenvalue weighted by Crippen LogP contribution is -2.12. The van der Waals surface area contributed by atoms with Crippen molar-refractivity contribution in [3.63, 3.8) is 0 Å². The van der Waals surface area contributed by atoms with E-state index in [1.807, 2.05) is 0 Å². The van der Waals surface area contributed by atoms with Crippen LogP contribution in [0.4, 0.5) is 6.01 Å². The van der Waals surface area contributed by atoms with Gasteiger partial charge in [0.05, 0.1) is 10.6 Å². The van der Waals surface area contributed by atoms with Gasteiger partial charge in [0, 0.05) is 5.02 Å². The van der Waals surface area contributed by atoms with Gasteiger partial charge in [-0.25, -0.2) is 0 Å². The number of amides is 1. The second kappa shape index (κ2) is 5.60. The Hall–Kier alpha value is -1.24. The van der Waals surface area contributed by atoms with Crippen LogP contribution in [0.3, 0.4) is 0 Å². The average molecular weight is 304 g/mol. The fraction of sp³-hybridized carbons (Fsp3) is 0.100. The lowest BCUT2D eigenvalue weighted by Gasteiger charge is -2.03. The molecule has 0 bridgehead atoms. The molecule has 94 valence electrons. The summed E-state index contributed by atoms with van der Waals surface area (Å²) in [5.74, 6) is -0.437. The van der Waals surface area contributed by atoms with Crippen molar-refractivity contribution in [1.82, 2.24) is 10.2 Å². The number of carbonyl (C=O) groups is 1. The predicted molar refractivity (Wildman–Crippen MR) is 70.5 cm³/mol. The second-order valence-electron chi connectivity index (χ2n) is 3.16. The van der Waals surface area contributed by atoms with E-state index in [1.54, 1.807) is 12.3 Å². The molecule has 0 aliphatic rings. The van der Waals surface area contributed by atoms with Crippen LogP contribution in [0.2, 0.25) is 10.0 Å². The van der Waals surface area contributed by atoms with Crippen LogP contribution >= 0.6 is 35.0 Å². The fourth-order valence-electron chi connectivity index (χ4n) is 1.18. The van der Waals surface area contributed by atoms with Gasteiger partial charge >= 0.3 is 6.01 Å². The molecule has 1 heterocycles. The molecule has 0 saturated carbocycles. The Balaban J connectivity index is 2.16. The number of nitrogens with one attached hydrogen (secondary N) is 1. The molecule has 0 aliphatic carbocycles. The van der Waals surface area contributed by atoms with Gasteiger partial charge in [0.1, 0.15) is 0 Å². The Bertz CT molecular complexity index is 588. The number of halogens is 2. The number of anilines is 1. The zero-order valence-corrected chi connectivity index (χ0v) is 11.4. The molecule has 0 saturated heterocycles. The quantitative estimate of drug-likeness (QED) is 0.881. The van der Waals surface area contributed by atoms with Crippen LogP contribution in [0.1, 0.15) is 10.4 Å². The van der Waals surface area contributed by atoms with Gasteiger partial charge in [0.15, 0.2) is 0 Å². The van der Waals surface area contributed by atoms with Gasteiger partial charge in [0.2, 0.25) is 0 Å². The van der Waals surface area contributed by atoms with E-state index >= 15 is 0 Å². The van der Waals surface area contributed by atoms with Crippen LogP contribution in [0, 0.1) is 0 Å². The number of nitrogens with zero attached hydrogens (tertiary/aromatic N) is 2. The Morgan fingerprint density at radius 2 is 2.17 bits per heavy atom. The van der Waals surface area contributed by atoms with Crippen LogP contribution in [0.5, 0.6) is 0 Å². The minimum absolute atomic E-state index is 0.0235. The van der Waals surface area contributed by atoms with Crippen molar-refractivity contribution in [1.29, 1.82) is 0 Å². The number of hydrogen-bond acceptors (Lipinski definition) is 5. The van der Waals surface area contributed by atoms with Gasteiger partial charge in [0.25, 0.3) is 11.1 Å². The van der Waals surface area contributed by atoms with Crippen molar-refractivity contribution in [2.45, 2.75) is 5.22 Å². The Labute approximate surface area is 117 Å². The highest BCUT2D eigenvalue weighted by Crippen LogP contribution is 2.22. The highest BCUT2D eigenvalue weighted by Gasteiger charge is 2.14. The third-order valence-corrected chi connectivity index (χ3v) is 3.04. The molecule has 2 rings (SSSR count). The standard InChI is InChI=1S/C10H7Cl2N3O2S/c1-18-10-15-14-9(17-10)13-8(16)6-3-2-5(11)4-7(6)12/h2-4H,1H3,(H,13,14,16). The first kappa shape index (κ1) is 13.2. The highest BCUT2D eigenvalue weighted by atomic mass is 35.5. The minimum Gasteiger partial charge on any atom is -0.398 e. The lowest BCUT2D eigenvalue weighted by atomic mass is 10.2. The zero-order chi connectivity index (χ0) is 13.1. The van der Waals surface area contributed by atoms with E-state index in [-0.39, 0.29) is 16.6 Å². The number of thioether (sulfide) groups is 1. The molecule has 0 radical (unpaired) electrons. The topological polar surface area (TPSA) is 68.0 Å². The highest BCUT2D eigenvalue weighted by molar-refractivity contribution is 7.98. The van der Waals surface area contributed by atoms with Gasteiger partial charge < -0.3 is 4.42 Å². The van der Waals surface area contributed by atoms with Gasteiger partial charge in [-0.15, -0.1) is 0 Å². The van der Waals surface area contributed by atoms with Crippen LogP contribution in [0.25, 0.3) is 0 Å². The summed E-state index contributed by atoms with van der Waals surface area (Å²) < 4.78 is 5.13. The van der Waals surface area contributed by atoms with Crippen LogP contribution in [0.15, 0.2) is 27.8 Å². The third-order valence-electron chi connectivity index (χ3n) is 1.98. The van der Waals surface area contributed by atoms with E-state index in [2.05, 4.69) is 15.5 Å². The van der Waals surface area contributed by atoms with Crippen LogP contribution in [-0.4, -0.2) is 22.4 Å². The van der Waals surface area contributed by atoms with Gasteiger partial charge in [-0.3, -0.25) is 10.1 Å². The molecule has 0 atom stereocenters. The largest absolute Gasteiger partial charge is 0.398 e. The Kier molecular flexibility index (Phi) is 4.11. The summed E-state index contributed by atoms with van der Waals surface area (Å²) in [6.07, 6.45) is 1.79. The van der Waals surface area contributed by atoms with E-state index in [4.69, 9.17) is 27.6 Å². The SMILES string of the molecule is CSc1nnc(NC(=O)c2ccc(Cl)cc2Cl)o1. The van der Waals surface area contributed by atoms with Gasteiger partial charge in [-0.05, 0) is 24.5 Å². The number of carbonyl (C=O) groups excluding carboxylic acids is 1. The summed E-state index contributed by atoms with van der Waals surface area (Å²) in [4.78, 5) is 11.9. The molecule has 5 nitrogen and oxygen atoms in total. The molecule has 18 heavy (non-hydrogen) atoms. The Morgan fingerprint density at radius 3 is 2.78 bits per heavy atom. The fourth-order valence-corrected chi connectivity index (χ4v) is 1.96. The molecule has 0 unspecified atom stereocenters. The van der Waals surface area contributed by atoms with Crippen molar-refractivity contribution < 1.29 is 9.21 Å². The maximum atomic E-state index is 11.9. The van der Waals surface area contributed by atoms with E-state index < -0.39 is 5.91 Å². The molecule has 0 fully saturated rings. The Morgan fingerprint density at radius 1 is 1.39 bits per heavy atom. The summed E-state index contributed by atoms with van der Waals surface area (Å²) >= 11 is 12.9. The molecule has 0 spiro atoms. The van der Waals surface area contributed by atoms with Crippen molar-refractivity contribution in [2.75, 3.05) is 11.6 Å². The average Bonchev–Trinajstić information content (AvgIpc) is 2.76. The van der Waals surface area contributed by atoms with Crippen molar-refractivity contribution in [3.05, 3.63) is 33.8 Å². The maximum absolute atomic E-state index is 11.9. The van der Waals surface area contributed by atoms with E-state index in [0.717, 1.165) is 0 Å². The summed E-state index contributed by atoms with van der Waals surface area (Å²) in [7, 11) is 0. The molecular formula is C10H7Cl2N3O2S. The first-order valence-corrected chi connectivity index (χ1v) is 6.72. The predicted octanol–water partition coefficient (Wildman–Crippen LogP) is 3.35. The summed E-state index contributed by atoms with van der Waals surface area (Å²) in [5.41, 5.74) is 0.282. The number of hydrogen-bond donors (Lipinski definition) is 1. The monoisotopic (exact) mass is 303 g/mol. The summed E-state index contributed by atoms with van der Waals surface area (Å²) in [6.45, 7) is 0. The van der Waals surface area contributed by atoms with Crippen LogP contribution < -0.4 is 5.32 Å². The smallest absolute Gasteiger partial charge is 0.323 e. The van der Waals surface area contributed by atoms with E-state index in [0.29, 0.717) is 10.2 Å². The number of rotatable bonds is 3. The van der Waals surface area contributed by atoms with Gasteiger partial charge in [-0.1, -0.05) is 45.2 Å². The lowest BCUT2D eigenvalue weighted by molar-refractivity contribution is 0.102. The minimum atomic E-state index is -0.437. The first-order valence-electron chi connectivity index (χ1n) is 4.74. The molecule has 0 aliphatic heterocycles. The summed E-state index contributed by atoms with van der Waals surface area (Å²) in [5, 5.41) is 10.9. The third kappa shape index (κ3) is 2.95. The summed E-state index contributed by atoms with van der Waals surface area (Å²) in [6, 6.07) is 4.60. The van der Waals surface area contributed by atoms with E-state index in [1.165, 1.54) is 23.9 Å². The molecule has 1 aromatic carbocycles. The van der Waals surface area contributed by atoms with Crippen molar-refractivity contribution in [2.24, 2.45) is 0 Å². The normalized spacial score (nSPS) is 10.4. The number of aromatic nitrogens is 2. The molecule has 1 N–H and O–H groups in total. The molecule has 2 aromatic rings. The molecular weight excluding hydrogens is 297 g/mol. The molecule has 8 heteroatoms.